The van der Waals surface area contributed by atoms with E-state index < -0.39 is 0 Å². The van der Waals surface area contributed by atoms with Crippen molar-refractivity contribution < 1.29 is 9.59 Å². The molecule has 0 atom stereocenters. The van der Waals surface area contributed by atoms with Gasteiger partial charge in [0.25, 0.3) is 11.8 Å². The molecule has 0 aliphatic rings. The monoisotopic (exact) mass is 604 g/mol. The molecule has 3 heterocycles. The minimum Gasteiger partial charge on any atom is -0.320 e. The van der Waals surface area contributed by atoms with Gasteiger partial charge in [-0.2, -0.15) is 0 Å². The Labute approximate surface area is 264 Å². The van der Waals surface area contributed by atoms with Crippen LogP contribution in [-0.4, -0.2) is 21.8 Å². The standard InChI is InChI=1S/C38H28N4O2S/c1-23-13-15-27(29(21-23)37(43)41-31-11-3-7-25-9-5-19-39-35(25)31)33-17-18-34(45-33)28-16-14-24(2)22-30(28)38(44)42-32-12-4-8-26-10-6-20-40-36(26)32/h3-22H,1-2H3,(H,41,43)(H,42,44). The lowest BCUT2D eigenvalue weighted by Gasteiger charge is -2.12. The van der Waals surface area contributed by atoms with Gasteiger partial charge in [0.2, 0.25) is 0 Å². The summed E-state index contributed by atoms with van der Waals surface area (Å²) in [6.45, 7) is 3.95. The van der Waals surface area contributed by atoms with Crippen LogP contribution in [0.3, 0.4) is 0 Å². The van der Waals surface area contributed by atoms with Crippen LogP contribution in [0.2, 0.25) is 0 Å². The molecule has 7 heteroatoms. The summed E-state index contributed by atoms with van der Waals surface area (Å²) in [5, 5.41) is 8.09. The van der Waals surface area contributed by atoms with E-state index in [9.17, 15) is 9.59 Å². The predicted octanol–water partition coefficient (Wildman–Crippen LogP) is 9.30. The van der Waals surface area contributed by atoms with Gasteiger partial charge < -0.3 is 10.6 Å². The number of benzene rings is 4. The number of carbonyl (C=O) groups is 2. The maximum Gasteiger partial charge on any atom is 0.256 e. The van der Waals surface area contributed by atoms with Gasteiger partial charge in [0.05, 0.1) is 22.4 Å². The van der Waals surface area contributed by atoms with Crippen molar-refractivity contribution in [3.63, 3.8) is 0 Å². The molecule has 2 amide bonds. The molecule has 7 rings (SSSR count). The van der Waals surface area contributed by atoms with Gasteiger partial charge in [0.1, 0.15) is 0 Å². The summed E-state index contributed by atoms with van der Waals surface area (Å²) in [5.41, 5.74) is 7.56. The van der Waals surface area contributed by atoms with Crippen LogP contribution in [0.15, 0.2) is 122 Å². The molecular weight excluding hydrogens is 577 g/mol. The number of hydrogen-bond acceptors (Lipinski definition) is 5. The number of aromatic nitrogens is 2. The van der Waals surface area contributed by atoms with Gasteiger partial charge in [-0.3, -0.25) is 19.6 Å². The number of pyridine rings is 2. The molecule has 3 aromatic heterocycles. The summed E-state index contributed by atoms with van der Waals surface area (Å²) < 4.78 is 0. The fourth-order valence-corrected chi connectivity index (χ4v) is 6.62. The van der Waals surface area contributed by atoms with Crippen LogP contribution >= 0.6 is 11.3 Å². The number of amides is 2. The summed E-state index contributed by atoms with van der Waals surface area (Å²) in [7, 11) is 0. The minimum atomic E-state index is -0.207. The van der Waals surface area contributed by atoms with Crippen molar-refractivity contribution >= 4 is 56.3 Å². The van der Waals surface area contributed by atoms with Gasteiger partial charge in [-0.05, 0) is 62.4 Å². The zero-order chi connectivity index (χ0) is 30.9. The van der Waals surface area contributed by atoms with E-state index in [4.69, 9.17) is 0 Å². The largest absolute Gasteiger partial charge is 0.320 e. The number of carbonyl (C=O) groups excluding carboxylic acids is 2. The predicted molar refractivity (Wildman–Crippen MR) is 184 cm³/mol. The van der Waals surface area contributed by atoms with Crippen LogP contribution in [0, 0.1) is 13.8 Å². The molecule has 0 unspecified atom stereocenters. The molecule has 0 saturated carbocycles. The molecule has 0 saturated heterocycles. The van der Waals surface area contributed by atoms with Crippen LogP contribution in [0.1, 0.15) is 31.8 Å². The maximum absolute atomic E-state index is 13.7. The van der Waals surface area contributed by atoms with Crippen molar-refractivity contribution in [1.82, 2.24) is 9.97 Å². The van der Waals surface area contributed by atoms with Crippen LogP contribution < -0.4 is 10.6 Å². The second-order valence-electron chi connectivity index (χ2n) is 10.9. The number of fused-ring (bicyclic) bond motifs is 2. The van der Waals surface area contributed by atoms with Gasteiger partial charge in [0.15, 0.2) is 0 Å². The normalized spacial score (nSPS) is 11.1. The highest BCUT2D eigenvalue weighted by Gasteiger charge is 2.20. The van der Waals surface area contributed by atoms with Gasteiger partial charge in [-0.25, -0.2) is 0 Å². The third-order valence-corrected chi connectivity index (χ3v) is 8.89. The Bertz CT molecular complexity index is 2090. The number of nitrogens with one attached hydrogen (secondary N) is 2. The number of hydrogen-bond donors (Lipinski definition) is 2. The van der Waals surface area contributed by atoms with E-state index in [0.717, 1.165) is 53.8 Å². The van der Waals surface area contributed by atoms with Gasteiger partial charge in [-0.15, -0.1) is 11.3 Å². The summed E-state index contributed by atoms with van der Waals surface area (Å²) >= 11 is 1.55. The van der Waals surface area contributed by atoms with E-state index in [-0.39, 0.29) is 11.8 Å². The number of rotatable bonds is 6. The van der Waals surface area contributed by atoms with E-state index in [1.807, 2.05) is 123 Å². The lowest BCUT2D eigenvalue weighted by atomic mass is 10.0. The first-order valence-electron chi connectivity index (χ1n) is 14.6. The average molecular weight is 605 g/mol. The van der Waals surface area contributed by atoms with Crippen LogP contribution in [0.5, 0.6) is 0 Å². The molecule has 2 N–H and O–H groups in total. The lowest BCUT2D eigenvalue weighted by molar-refractivity contribution is 0.101. The van der Waals surface area contributed by atoms with E-state index in [2.05, 4.69) is 20.6 Å². The summed E-state index contributed by atoms with van der Waals surface area (Å²) in [6, 6.07) is 35.0. The zero-order valence-corrected chi connectivity index (χ0v) is 25.5. The Morgan fingerprint density at radius 3 is 1.47 bits per heavy atom. The number of para-hydroxylation sites is 2. The Morgan fingerprint density at radius 2 is 1.00 bits per heavy atom. The molecule has 218 valence electrons. The number of thiophene rings is 1. The second kappa shape index (κ2) is 11.8. The zero-order valence-electron chi connectivity index (χ0n) is 24.7. The maximum atomic E-state index is 13.7. The Hall–Kier alpha value is -5.66. The van der Waals surface area contributed by atoms with Crippen molar-refractivity contribution in [3.05, 3.63) is 144 Å². The SMILES string of the molecule is Cc1ccc(-c2ccc(-c3ccc(C)cc3C(=O)Nc3cccc4cccnc34)s2)c(C(=O)Nc2cccc3cccnc23)c1. The molecular formula is C38H28N4O2S. The Kier molecular flexibility index (Phi) is 7.37. The summed E-state index contributed by atoms with van der Waals surface area (Å²) in [5.74, 6) is -0.415. The Morgan fingerprint density at radius 1 is 0.556 bits per heavy atom. The minimum absolute atomic E-state index is 0.207. The van der Waals surface area contributed by atoms with Crippen molar-refractivity contribution in [2.24, 2.45) is 0 Å². The van der Waals surface area contributed by atoms with E-state index in [1.165, 1.54) is 0 Å². The highest BCUT2D eigenvalue weighted by Crippen LogP contribution is 2.38. The first kappa shape index (κ1) is 28.1. The van der Waals surface area contributed by atoms with Crippen molar-refractivity contribution in [1.29, 1.82) is 0 Å². The molecule has 0 radical (unpaired) electrons. The summed E-state index contributed by atoms with van der Waals surface area (Å²) in [6.07, 6.45) is 3.45. The van der Waals surface area contributed by atoms with E-state index in [0.29, 0.717) is 22.5 Å². The molecule has 0 aliphatic heterocycles. The fraction of sp³-hybridized carbons (Fsp3) is 0.0526. The van der Waals surface area contributed by atoms with Crippen molar-refractivity contribution in [2.75, 3.05) is 10.6 Å². The topological polar surface area (TPSA) is 84.0 Å². The highest BCUT2D eigenvalue weighted by molar-refractivity contribution is 7.18. The first-order chi connectivity index (χ1) is 21.9. The van der Waals surface area contributed by atoms with Crippen molar-refractivity contribution in [3.8, 4) is 20.9 Å². The summed E-state index contributed by atoms with van der Waals surface area (Å²) in [4.78, 5) is 38.3. The third-order valence-electron chi connectivity index (χ3n) is 7.74. The number of aryl methyl sites for hydroxylation is 2. The van der Waals surface area contributed by atoms with Gasteiger partial charge in [-0.1, -0.05) is 71.8 Å². The first-order valence-corrected chi connectivity index (χ1v) is 15.4. The molecule has 45 heavy (non-hydrogen) atoms. The third kappa shape index (κ3) is 5.57. The second-order valence-corrected chi connectivity index (χ2v) is 12.0. The van der Waals surface area contributed by atoms with Crippen LogP contribution in [0.25, 0.3) is 42.7 Å². The van der Waals surface area contributed by atoms with Gasteiger partial charge >= 0.3 is 0 Å². The number of anilines is 2. The molecule has 0 aliphatic carbocycles. The van der Waals surface area contributed by atoms with E-state index >= 15 is 0 Å². The molecule has 0 fully saturated rings. The molecule has 4 aromatic carbocycles. The smallest absolute Gasteiger partial charge is 0.256 e. The fourth-order valence-electron chi connectivity index (χ4n) is 5.54. The molecule has 0 bridgehead atoms. The highest BCUT2D eigenvalue weighted by atomic mass is 32.1. The van der Waals surface area contributed by atoms with Gasteiger partial charge in [0, 0.05) is 55.2 Å². The lowest BCUT2D eigenvalue weighted by Crippen LogP contribution is -2.14. The quantitative estimate of drug-likeness (QED) is 0.198. The van der Waals surface area contributed by atoms with Crippen LogP contribution in [0.4, 0.5) is 11.4 Å². The van der Waals surface area contributed by atoms with Crippen LogP contribution in [-0.2, 0) is 0 Å². The molecule has 7 aromatic rings. The average Bonchev–Trinajstić information content (AvgIpc) is 3.55. The Balaban J connectivity index is 1.22. The van der Waals surface area contributed by atoms with E-state index in [1.54, 1.807) is 23.7 Å². The molecule has 6 nitrogen and oxygen atoms in total. The molecule has 0 spiro atoms. The number of nitrogens with zero attached hydrogens (tertiary/aromatic N) is 2. The van der Waals surface area contributed by atoms with Crippen molar-refractivity contribution in [2.45, 2.75) is 13.8 Å².